The van der Waals surface area contributed by atoms with Crippen LogP contribution in [0.2, 0.25) is 0 Å². The van der Waals surface area contributed by atoms with Crippen molar-refractivity contribution >= 4 is 11.3 Å². The molecular formula is C9H10N2OS. The van der Waals surface area contributed by atoms with Crippen molar-refractivity contribution < 1.29 is 4.42 Å². The van der Waals surface area contributed by atoms with Crippen molar-refractivity contribution in [2.75, 3.05) is 0 Å². The molecule has 0 atom stereocenters. The van der Waals surface area contributed by atoms with Crippen LogP contribution in [0, 0.1) is 6.92 Å². The molecule has 0 aliphatic heterocycles. The molecule has 4 heteroatoms. The lowest BCUT2D eigenvalue weighted by atomic mass is 10.2. The predicted molar refractivity (Wildman–Crippen MR) is 52.4 cm³/mol. The van der Waals surface area contributed by atoms with E-state index in [1.807, 2.05) is 5.38 Å². The molecule has 0 aromatic carbocycles. The second-order valence-corrected chi connectivity index (χ2v) is 3.67. The third-order valence-corrected chi connectivity index (χ3v) is 2.85. The fraction of sp³-hybridized carbons (Fsp3) is 0.222. The van der Waals surface area contributed by atoms with Crippen LogP contribution in [0.3, 0.4) is 0 Å². The minimum absolute atomic E-state index is 0.352. The van der Waals surface area contributed by atoms with Gasteiger partial charge in [0.05, 0.1) is 17.6 Å². The Morgan fingerprint density at radius 1 is 1.62 bits per heavy atom. The van der Waals surface area contributed by atoms with E-state index in [1.165, 1.54) is 5.56 Å². The first-order valence-corrected chi connectivity index (χ1v) is 4.88. The van der Waals surface area contributed by atoms with Gasteiger partial charge >= 0.3 is 0 Å². The minimum Gasteiger partial charge on any atom is -0.438 e. The van der Waals surface area contributed by atoms with Crippen LogP contribution in [-0.2, 0) is 6.54 Å². The molecule has 2 rings (SSSR count). The summed E-state index contributed by atoms with van der Waals surface area (Å²) < 4.78 is 5.43. The van der Waals surface area contributed by atoms with E-state index in [-0.39, 0.29) is 0 Å². The predicted octanol–water partition coefficient (Wildman–Crippen LogP) is 2.17. The minimum atomic E-state index is 0.352. The third-order valence-electron chi connectivity index (χ3n) is 1.81. The molecule has 2 heterocycles. The number of hydrogen-bond acceptors (Lipinski definition) is 4. The molecule has 0 aliphatic carbocycles. The van der Waals surface area contributed by atoms with Gasteiger partial charge in [-0.05, 0) is 23.9 Å². The van der Waals surface area contributed by atoms with E-state index >= 15 is 0 Å². The maximum atomic E-state index is 5.43. The number of aryl methyl sites for hydroxylation is 1. The first-order valence-electron chi connectivity index (χ1n) is 4.00. The lowest BCUT2D eigenvalue weighted by Crippen LogP contribution is -1.94. The molecule has 0 amide bonds. The van der Waals surface area contributed by atoms with E-state index in [4.69, 9.17) is 10.2 Å². The normalized spacial score (nSPS) is 10.6. The largest absolute Gasteiger partial charge is 0.438 e. The molecule has 0 saturated heterocycles. The highest BCUT2D eigenvalue weighted by Gasteiger charge is 2.08. The van der Waals surface area contributed by atoms with Crippen molar-refractivity contribution in [1.29, 1.82) is 0 Å². The first kappa shape index (κ1) is 8.47. The van der Waals surface area contributed by atoms with Gasteiger partial charge in [0.25, 0.3) is 0 Å². The molecule has 2 aromatic heterocycles. The van der Waals surface area contributed by atoms with Gasteiger partial charge in [-0.15, -0.1) is 11.3 Å². The van der Waals surface area contributed by atoms with E-state index in [2.05, 4.69) is 18.0 Å². The Bertz CT molecular complexity index is 405. The van der Waals surface area contributed by atoms with Gasteiger partial charge < -0.3 is 10.2 Å². The molecular weight excluding hydrogens is 184 g/mol. The van der Waals surface area contributed by atoms with E-state index in [0.29, 0.717) is 12.4 Å². The number of aromatic nitrogens is 1. The zero-order valence-electron chi connectivity index (χ0n) is 7.28. The van der Waals surface area contributed by atoms with Crippen LogP contribution in [-0.4, -0.2) is 4.98 Å². The molecule has 0 unspecified atom stereocenters. The molecule has 13 heavy (non-hydrogen) atoms. The van der Waals surface area contributed by atoms with E-state index in [1.54, 1.807) is 17.5 Å². The second kappa shape index (κ2) is 3.32. The lowest BCUT2D eigenvalue weighted by molar-refractivity contribution is 0.510. The monoisotopic (exact) mass is 194 g/mol. The molecule has 2 N–H and O–H groups in total. The Labute approximate surface area is 80.2 Å². The number of hydrogen-bond donors (Lipinski definition) is 1. The Hall–Kier alpha value is -1.13. The number of nitrogens with zero attached hydrogens (tertiary/aromatic N) is 1. The average molecular weight is 194 g/mol. The summed E-state index contributed by atoms with van der Waals surface area (Å²) in [5, 5.41) is 2.04. The standard InChI is InChI=1S/C9H10N2OS/c1-6-2-3-13-9(6)7-5-11-8(4-10)12-7/h2-3,5H,4,10H2,1H3. The second-order valence-electron chi connectivity index (χ2n) is 2.76. The Balaban J connectivity index is 2.41. The van der Waals surface area contributed by atoms with Gasteiger partial charge in [-0.2, -0.15) is 0 Å². The Kier molecular flexibility index (Phi) is 2.16. The smallest absolute Gasteiger partial charge is 0.208 e. The molecule has 0 aliphatic rings. The highest BCUT2D eigenvalue weighted by Crippen LogP contribution is 2.29. The topological polar surface area (TPSA) is 52.0 Å². The first-order chi connectivity index (χ1) is 6.31. The molecule has 0 bridgehead atoms. The van der Waals surface area contributed by atoms with Crippen LogP contribution < -0.4 is 5.73 Å². The molecule has 3 nitrogen and oxygen atoms in total. The highest BCUT2D eigenvalue weighted by molar-refractivity contribution is 7.13. The van der Waals surface area contributed by atoms with Gasteiger partial charge in [0, 0.05) is 0 Å². The fourth-order valence-electron chi connectivity index (χ4n) is 1.13. The molecule has 0 spiro atoms. The summed E-state index contributed by atoms with van der Waals surface area (Å²) in [6, 6.07) is 2.06. The summed E-state index contributed by atoms with van der Waals surface area (Å²) in [4.78, 5) is 5.18. The number of thiophene rings is 1. The summed E-state index contributed by atoms with van der Waals surface area (Å²) in [5.41, 5.74) is 6.61. The summed E-state index contributed by atoms with van der Waals surface area (Å²) in [6.07, 6.45) is 1.72. The molecule has 0 fully saturated rings. The maximum absolute atomic E-state index is 5.43. The van der Waals surface area contributed by atoms with Crippen molar-refractivity contribution in [3.8, 4) is 10.6 Å². The molecule has 0 saturated carbocycles. The van der Waals surface area contributed by atoms with Crippen molar-refractivity contribution in [2.45, 2.75) is 13.5 Å². The molecule has 68 valence electrons. The quantitative estimate of drug-likeness (QED) is 0.797. The Morgan fingerprint density at radius 2 is 2.46 bits per heavy atom. The third kappa shape index (κ3) is 1.50. The summed E-state index contributed by atoms with van der Waals surface area (Å²) in [5.74, 6) is 1.40. The van der Waals surface area contributed by atoms with Gasteiger partial charge in [0.1, 0.15) is 0 Å². The van der Waals surface area contributed by atoms with Crippen molar-refractivity contribution in [3.63, 3.8) is 0 Å². The Morgan fingerprint density at radius 3 is 3.00 bits per heavy atom. The van der Waals surface area contributed by atoms with Gasteiger partial charge in [0.15, 0.2) is 5.76 Å². The van der Waals surface area contributed by atoms with E-state index in [9.17, 15) is 0 Å². The van der Waals surface area contributed by atoms with Gasteiger partial charge in [0.2, 0.25) is 5.89 Å². The van der Waals surface area contributed by atoms with Gasteiger partial charge in [-0.25, -0.2) is 4.98 Å². The summed E-state index contributed by atoms with van der Waals surface area (Å²) >= 11 is 1.65. The maximum Gasteiger partial charge on any atom is 0.208 e. The van der Waals surface area contributed by atoms with Crippen LogP contribution in [0.15, 0.2) is 22.1 Å². The van der Waals surface area contributed by atoms with Crippen LogP contribution in [0.5, 0.6) is 0 Å². The zero-order chi connectivity index (χ0) is 9.26. The highest BCUT2D eigenvalue weighted by atomic mass is 32.1. The lowest BCUT2D eigenvalue weighted by Gasteiger charge is -1.91. The van der Waals surface area contributed by atoms with Gasteiger partial charge in [-0.1, -0.05) is 0 Å². The van der Waals surface area contributed by atoms with Crippen molar-refractivity contribution in [2.24, 2.45) is 5.73 Å². The van der Waals surface area contributed by atoms with Crippen LogP contribution >= 0.6 is 11.3 Å². The van der Waals surface area contributed by atoms with Crippen molar-refractivity contribution in [1.82, 2.24) is 4.98 Å². The molecule has 0 radical (unpaired) electrons. The van der Waals surface area contributed by atoms with Gasteiger partial charge in [-0.3, -0.25) is 0 Å². The molecule has 2 aromatic rings. The van der Waals surface area contributed by atoms with Crippen LogP contribution in [0.25, 0.3) is 10.6 Å². The number of oxazole rings is 1. The van der Waals surface area contributed by atoms with E-state index < -0.39 is 0 Å². The average Bonchev–Trinajstić information content (AvgIpc) is 2.71. The summed E-state index contributed by atoms with van der Waals surface area (Å²) in [7, 11) is 0. The van der Waals surface area contributed by atoms with E-state index in [0.717, 1.165) is 10.6 Å². The zero-order valence-corrected chi connectivity index (χ0v) is 8.10. The van der Waals surface area contributed by atoms with Crippen molar-refractivity contribution in [3.05, 3.63) is 29.1 Å². The van der Waals surface area contributed by atoms with Crippen LogP contribution in [0.1, 0.15) is 11.5 Å². The summed E-state index contributed by atoms with van der Waals surface area (Å²) in [6.45, 7) is 2.40. The number of nitrogens with two attached hydrogens (primary N) is 1. The SMILES string of the molecule is Cc1ccsc1-c1cnc(CN)o1. The fourth-order valence-corrected chi connectivity index (χ4v) is 2.01. The van der Waals surface area contributed by atoms with Crippen LogP contribution in [0.4, 0.5) is 0 Å². The number of rotatable bonds is 2.